The number of methoxy groups -OCH3 is 1. The molecule has 3 aromatic carbocycles. The first kappa shape index (κ1) is 24.3. The zero-order valence-corrected chi connectivity index (χ0v) is 19.3. The van der Waals surface area contributed by atoms with Gasteiger partial charge < -0.3 is 14.8 Å². The van der Waals surface area contributed by atoms with Gasteiger partial charge in [-0.2, -0.15) is 0 Å². The largest absolute Gasteiger partial charge is 0.497 e. The SMILES string of the molecule is COc1ccc(S(=O)(=O)N(CC(=O)NCCOc2ccc(F)cc2)c2ccc(Cl)cc2)cc1. The molecule has 10 heteroatoms. The standard InChI is InChI=1S/C23H22ClFN2O5S/c1-31-20-10-12-22(13-11-20)33(29,30)27(19-6-2-17(24)3-7-19)16-23(28)26-14-15-32-21-8-4-18(25)5-9-21/h2-13H,14-16H2,1H3,(H,26,28). The van der Waals surface area contributed by atoms with E-state index in [2.05, 4.69) is 5.32 Å². The molecule has 3 aromatic rings. The number of ether oxygens (including phenoxy) is 2. The Hall–Kier alpha value is -3.30. The number of carbonyl (C=O) groups is 1. The smallest absolute Gasteiger partial charge is 0.264 e. The van der Waals surface area contributed by atoms with E-state index in [0.717, 1.165) is 4.31 Å². The predicted molar refractivity (Wildman–Crippen MR) is 124 cm³/mol. The van der Waals surface area contributed by atoms with Crippen LogP contribution in [0.15, 0.2) is 77.7 Å². The first-order valence-electron chi connectivity index (χ1n) is 9.87. The Kier molecular flexibility index (Phi) is 8.13. The number of sulfonamides is 1. The third-order valence-electron chi connectivity index (χ3n) is 4.56. The number of hydrogen-bond donors (Lipinski definition) is 1. The Balaban J connectivity index is 1.70. The third kappa shape index (κ3) is 6.59. The summed E-state index contributed by atoms with van der Waals surface area (Å²) in [5.74, 6) is 0.0576. The van der Waals surface area contributed by atoms with Crippen LogP contribution in [-0.4, -0.2) is 41.1 Å². The first-order valence-corrected chi connectivity index (χ1v) is 11.7. The number of rotatable bonds is 10. The lowest BCUT2D eigenvalue weighted by atomic mass is 10.3. The van der Waals surface area contributed by atoms with Gasteiger partial charge in [0.1, 0.15) is 30.5 Å². The minimum Gasteiger partial charge on any atom is -0.497 e. The van der Waals surface area contributed by atoms with Gasteiger partial charge in [-0.15, -0.1) is 0 Å². The maximum atomic E-state index is 13.3. The van der Waals surface area contributed by atoms with E-state index in [1.165, 1.54) is 67.8 Å². The molecular weight excluding hydrogens is 471 g/mol. The molecule has 0 saturated carbocycles. The molecule has 1 amide bonds. The zero-order chi connectivity index (χ0) is 23.8. The molecule has 0 aliphatic rings. The normalized spacial score (nSPS) is 11.0. The van der Waals surface area contributed by atoms with Crippen molar-refractivity contribution in [3.8, 4) is 11.5 Å². The number of hydrogen-bond acceptors (Lipinski definition) is 5. The second-order valence-electron chi connectivity index (χ2n) is 6.82. The number of amides is 1. The Morgan fingerprint density at radius 1 is 0.970 bits per heavy atom. The van der Waals surface area contributed by atoms with E-state index in [9.17, 15) is 17.6 Å². The quantitative estimate of drug-likeness (QED) is 0.434. The summed E-state index contributed by atoms with van der Waals surface area (Å²) in [6.45, 7) is -0.191. The van der Waals surface area contributed by atoms with E-state index in [1.54, 1.807) is 12.1 Å². The molecule has 0 fully saturated rings. The molecule has 7 nitrogen and oxygen atoms in total. The van der Waals surface area contributed by atoms with Gasteiger partial charge >= 0.3 is 0 Å². The van der Waals surface area contributed by atoms with Crippen LogP contribution in [0.25, 0.3) is 0 Å². The van der Waals surface area contributed by atoms with Gasteiger partial charge in [-0.25, -0.2) is 12.8 Å². The zero-order valence-electron chi connectivity index (χ0n) is 17.7. The van der Waals surface area contributed by atoms with E-state index in [1.807, 2.05) is 0 Å². The average Bonchev–Trinajstić information content (AvgIpc) is 2.82. The van der Waals surface area contributed by atoms with Crippen molar-refractivity contribution in [2.75, 3.05) is 31.1 Å². The highest BCUT2D eigenvalue weighted by atomic mass is 35.5. The molecule has 0 bridgehead atoms. The summed E-state index contributed by atoms with van der Waals surface area (Å²) in [6, 6.07) is 17.5. The van der Waals surface area contributed by atoms with Crippen molar-refractivity contribution in [2.24, 2.45) is 0 Å². The van der Waals surface area contributed by atoms with Gasteiger partial charge in [0.05, 0.1) is 24.2 Å². The number of carbonyl (C=O) groups excluding carboxylic acids is 1. The van der Waals surface area contributed by atoms with Crippen molar-refractivity contribution >= 4 is 33.2 Å². The molecule has 0 saturated heterocycles. The number of nitrogens with one attached hydrogen (secondary N) is 1. The maximum Gasteiger partial charge on any atom is 0.264 e. The van der Waals surface area contributed by atoms with E-state index in [-0.39, 0.29) is 29.6 Å². The molecule has 0 unspecified atom stereocenters. The van der Waals surface area contributed by atoms with Crippen molar-refractivity contribution in [3.63, 3.8) is 0 Å². The van der Waals surface area contributed by atoms with Gasteiger partial charge in [0.25, 0.3) is 10.0 Å². The molecule has 0 aromatic heterocycles. The summed E-state index contributed by atoms with van der Waals surface area (Å²) >= 11 is 5.93. The van der Waals surface area contributed by atoms with Crippen LogP contribution in [0.4, 0.5) is 10.1 Å². The highest BCUT2D eigenvalue weighted by Gasteiger charge is 2.27. The van der Waals surface area contributed by atoms with E-state index >= 15 is 0 Å². The fourth-order valence-corrected chi connectivity index (χ4v) is 4.42. The summed E-state index contributed by atoms with van der Waals surface area (Å²) in [7, 11) is -2.58. The van der Waals surface area contributed by atoms with Crippen molar-refractivity contribution in [1.29, 1.82) is 0 Å². The van der Waals surface area contributed by atoms with Crippen LogP contribution in [0, 0.1) is 5.82 Å². The molecule has 3 rings (SSSR count). The van der Waals surface area contributed by atoms with Crippen molar-refractivity contribution in [1.82, 2.24) is 5.32 Å². The monoisotopic (exact) mass is 492 g/mol. The lowest BCUT2D eigenvalue weighted by Crippen LogP contribution is -2.41. The Bertz CT molecular complexity index is 1170. The fraction of sp³-hybridized carbons (Fsp3) is 0.174. The summed E-state index contributed by atoms with van der Waals surface area (Å²) in [5.41, 5.74) is 0.285. The van der Waals surface area contributed by atoms with Crippen molar-refractivity contribution in [3.05, 3.63) is 83.6 Å². The number of halogens is 2. The number of nitrogens with zero attached hydrogens (tertiary/aromatic N) is 1. The first-order chi connectivity index (χ1) is 15.8. The van der Waals surface area contributed by atoms with Gasteiger partial charge in [0.2, 0.25) is 5.91 Å². The summed E-state index contributed by atoms with van der Waals surface area (Å²) in [4.78, 5) is 12.6. The molecule has 0 radical (unpaired) electrons. The van der Waals surface area contributed by atoms with Crippen LogP contribution in [0.3, 0.4) is 0 Å². The van der Waals surface area contributed by atoms with Crippen LogP contribution in [-0.2, 0) is 14.8 Å². The van der Waals surface area contributed by atoms with Gasteiger partial charge in [0.15, 0.2) is 0 Å². The van der Waals surface area contributed by atoms with Crippen LogP contribution in [0.2, 0.25) is 5.02 Å². The van der Waals surface area contributed by atoms with Crippen LogP contribution >= 0.6 is 11.6 Å². The number of benzene rings is 3. The van der Waals surface area contributed by atoms with Crippen LogP contribution < -0.4 is 19.1 Å². The summed E-state index contributed by atoms with van der Waals surface area (Å²) in [5, 5.41) is 3.06. The molecule has 0 spiro atoms. The predicted octanol–water partition coefficient (Wildman–Crippen LogP) is 3.88. The second-order valence-corrected chi connectivity index (χ2v) is 9.11. The van der Waals surface area contributed by atoms with Crippen LogP contribution in [0.1, 0.15) is 0 Å². The molecule has 0 aliphatic heterocycles. The third-order valence-corrected chi connectivity index (χ3v) is 6.60. The Morgan fingerprint density at radius 2 is 1.58 bits per heavy atom. The van der Waals surface area contributed by atoms with Crippen molar-refractivity contribution in [2.45, 2.75) is 4.90 Å². The van der Waals surface area contributed by atoms with Crippen LogP contribution in [0.5, 0.6) is 11.5 Å². The molecule has 0 atom stereocenters. The minimum absolute atomic E-state index is 0.00527. The molecule has 0 heterocycles. The lowest BCUT2D eigenvalue weighted by Gasteiger charge is -2.24. The topological polar surface area (TPSA) is 84.9 Å². The molecule has 33 heavy (non-hydrogen) atoms. The van der Waals surface area contributed by atoms with E-state index < -0.39 is 22.5 Å². The molecule has 0 aliphatic carbocycles. The maximum absolute atomic E-state index is 13.3. The Labute approximate surface area is 196 Å². The second kappa shape index (κ2) is 11.0. The summed E-state index contributed by atoms with van der Waals surface area (Å²) in [6.07, 6.45) is 0. The van der Waals surface area contributed by atoms with Gasteiger partial charge in [-0.05, 0) is 72.8 Å². The minimum atomic E-state index is -4.06. The summed E-state index contributed by atoms with van der Waals surface area (Å²) < 4.78 is 51.1. The van der Waals surface area contributed by atoms with Crippen molar-refractivity contribution < 1.29 is 27.1 Å². The Morgan fingerprint density at radius 3 is 2.18 bits per heavy atom. The van der Waals surface area contributed by atoms with E-state index in [4.69, 9.17) is 21.1 Å². The number of anilines is 1. The molecule has 174 valence electrons. The molecular formula is C23H22ClFN2O5S. The van der Waals surface area contributed by atoms with Gasteiger partial charge in [0, 0.05) is 5.02 Å². The highest BCUT2D eigenvalue weighted by molar-refractivity contribution is 7.92. The van der Waals surface area contributed by atoms with Gasteiger partial charge in [-0.1, -0.05) is 11.6 Å². The van der Waals surface area contributed by atoms with Gasteiger partial charge in [-0.3, -0.25) is 9.10 Å². The highest BCUT2D eigenvalue weighted by Crippen LogP contribution is 2.26. The molecule has 1 N–H and O–H groups in total. The fourth-order valence-electron chi connectivity index (χ4n) is 2.87. The average molecular weight is 493 g/mol. The lowest BCUT2D eigenvalue weighted by molar-refractivity contribution is -0.119. The van der Waals surface area contributed by atoms with E-state index in [0.29, 0.717) is 16.5 Å².